The molecule has 24 heavy (non-hydrogen) atoms. The first-order valence-corrected chi connectivity index (χ1v) is 7.85. The Morgan fingerprint density at radius 2 is 2.00 bits per heavy atom. The van der Waals surface area contributed by atoms with E-state index < -0.39 is 12.0 Å². The van der Waals surface area contributed by atoms with Gasteiger partial charge in [-0.3, -0.25) is 19.0 Å². The van der Waals surface area contributed by atoms with Crippen LogP contribution in [0.5, 0.6) is 0 Å². The number of fused-ring (bicyclic) bond motifs is 1. The zero-order chi connectivity index (χ0) is 17.7. The van der Waals surface area contributed by atoms with Gasteiger partial charge in [0.15, 0.2) is 0 Å². The van der Waals surface area contributed by atoms with Gasteiger partial charge in [-0.2, -0.15) is 0 Å². The number of rotatable bonds is 7. The summed E-state index contributed by atoms with van der Waals surface area (Å²) in [4.78, 5) is 40.0. The Morgan fingerprint density at radius 3 is 2.67 bits per heavy atom. The van der Waals surface area contributed by atoms with Gasteiger partial charge in [0.25, 0.3) is 5.56 Å². The second kappa shape index (κ2) is 7.72. The Hall–Kier alpha value is -2.70. The number of nitrogens with zero attached hydrogens (tertiary/aromatic N) is 2. The van der Waals surface area contributed by atoms with Crippen LogP contribution < -0.4 is 10.9 Å². The smallest absolute Gasteiger partial charge is 0.305 e. The average molecular weight is 331 g/mol. The third-order valence-corrected chi connectivity index (χ3v) is 3.66. The molecule has 1 amide bonds. The lowest BCUT2D eigenvalue weighted by molar-refractivity contribution is -0.137. The summed E-state index contributed by atoms with van der Waals surface area (Å²) in [6, 6.07) is 6.24. The van der Waals surface area contributed by atoms with Gasteiger partial charge in [0, 0.05) is 6.54 Å². The Kier molecular flexibility index (Phi) is 5.68. The van der Waals surface area contributed by atoms with Crippen molar-refractivity contribution in [2.45, 2.75) is 32.7 Å². The second-order valence-corrected chi connectivity index (χ2v) is 6.05. The minimum Gasteiger partial charge on any atom is -0.481 e. The van der Waals surface area contributed by atoms with E-state index in [0.29, 0.717) is 17.3 Å². The summed E-state index contributed by atoms with van der Waals surface area (Å²) in [7, 11) is 0. The van der Waals surface area contributed by atoms with Crippen molar-refractivity contribution in [3.8, 4) is 0 Å². The summed E-state index contributed by atoms with van der Waals surface area (Å²) in [5.74, 6) is -1.18. The molecule has 1 unspecified atom stereocenters. The highest BCUT2D eigenvalue weighted by molar-refractivity contribution is 5.82. The van der Waals surface area contributed by atoms with Crippen molar-refractivity contribution < 1.29 is 14.7 Å². The predicted molar refractivity (Wildman–Crippen MR) is 89.8 cm³/mol. The summed E-state index contributed by atoms with van der Waals surface area (Å²) in [6.45, 7) is 3.94. The van der Waals surface area contributed by atoms with E-state index in [4.69, 9.17) is 5.11 Å². The zero-order valence-corrected chi connectivity index (χ0v) is 13.7. The number of benzene rings is 1. The molecule has 0 aliphatic carbocycles. The molecule has 2 N–H and O–H groups in total. The van der Waals surface area contributed by atoms with Crippen LogP contribution in [0.15, 0.2) is 35.4 Å². The van der Waals surface area contributed by atoms with Gasteiger partial charge in [0.2, 0.25) is 5.91 Å². The fourth-order valence-electron chi connectivity index (χ4n) is 2.51. The zero-order valence-electron chi connectivity index (χ0n) is 13.7. The Morgan fingerprint density at radius 1 is 1.29 bits per heavy atom. The molecule has 0 fully saturated rings. The van der Waals surface area contributed by atoms with Crippen LogP contribution in [0, 0.1) is 5.92 Å². The Bertz CT molecular complexity index is 798. The molecule has 0 bridgehead atoms. The van der Waals surface area contributed by atoms with Crippen molar-refractivity contribution in [3.63, 3.8) is 0 Å². The third kappa shape index (κ3) is 4.18. The molecule has 0 saturated heterocycles. The van der Waals surface area contributed by atoms with Gasteiger partial charge in [-0.05, 0) is 24.5 Å². The normalized spacial score (nSPS) is 12.3. The van der Waals surface area contributed by atoms with Gasteiger partial charge in [0.05, 0.1) is 23.7 Å². The molecular formula is C17H21N3O4. The molecule has 0 aliphatic rings. The maximum absolute atomic E-state index is 12.7. The number of hydrogen-bond donors (Lipinski definition) is 2. The largest absolute Gasteiger partial charge is 0.481 e. The number of hydrogen-bond acceptors (Lipinski definition) is 4. The van der Waals surface area contributed by atoms with Crippen molar-refractivity contribution in [1.29, 1.82) is 0 Å². The van der Waals surface area contributed by atoms with Gasteiger partial charge in [-0.25, -0.2) is 4.98 Å². The molecule has 1 atom stereocenters. The fourth-order valence-corrected chi connectivity index (χ4v) is 2.51. The van der Waals surface area contributed by atoms with Crippen LogP contribution in [0.1, 0.15) is 32.7 Å². The van der Waals surface area contributed by atoms with E-state index in [1.54, 1.807) is 24.3 Å². The first-order chi connectivity index (χ1) is 11.4. The van der Waals surface area contributed by atoms with Crippen LogP contribution in [-0.4, -0.2) is 33.1 Å². The van der Waals surface area contributed by atoms with E-state index in [2.05, 4.69) is 10.3 Å². The number of carbonyl (C=O) groups excluding carboxylic acids is 1. The lowest BCUT2D eigenvalue weighted by Crippen LogP contribution is -2.38. The van der Waals surface area contributed by atoms with Crippen LogP contribution in [0.25, 0.3) is 10.9 Å². The maximum Gasteiger partial charge on any atom is 0.305 e. The molecule has 7 heteroatoms. The van der Waals surface area contributed by atoms with E-state index in [9.17, 15) is 14.4 Å². The van der Waals surface area contributed by atoms with Crippen LogP contribution in [-0.2, 0) is 9.59 Å². The van der Waals surface area contributed by atoms with Gasteiger partial charge in [-0.1, -0.05) is 26.0 Å². The van der Waals surface area contributed by atoms with E-state index in [0.717, 1.165) is 0 Å². The minimum absolute atomic E-state index is 0.0263. The van der Waals surface area contributed by atoms with Gasteiger partial charge in [-0.15, -0.1) is 0 Å². The summed E-state index contributed by atoms with van der Waals surface area (Å²) >= 11 is 0. The summed E-state index contributed by atoms with van der Waals surface area (Å²) in [5, 5.41) is 11.7. The number of nitrogens with one attached hydrogen (secondary N) is 1. The molecule has 2 aromatic rings. The number of aromatic nitrogens is 2. The van der Waals surface area contributed by atoms with E-state index in [-0.39, 0.29) is 30.3 Å². The SMILES string of the molecule is CC(C)CC(C(=O)NCCC(=O)O)n1cnc2ccccc2c1=O. The highest BCUT2D eigenvalue weighted by Crippen LogP contribution is 2.17. The quantitative estimate of drug-likeness (QED) is 0.802. The molecular weight excluding hydrogens is 310 g/mol. The average Bonchev–Trinajstić information content (AvgIpc) is 2.53. The monoisotopic (exact) mass is 331 g/mol. The number of carboxylic acids is 1. The fraction of sp³-hybridized carbons (Fsp3) is 0.412. The van der Waals surface area contributed by atoms with Crippen molar-refractivity contribution >= 4 is 22.8 Å². The predicted octanol–water partition coefficient (Wildman–Crippen LogP) is 1.57. The second-order valence-electron chi connectivity index (χ2n) is 6.05. The topological polar surface area (TPSA) is 101 Å². The van der Waals surface area contributed by atoms with Crippen LogP contribution in [0.2, 0.25) is 0 Å². The van der Waals surface area contributed by atoms with E-state index >= 15 is 0 Å². The standard InChI is InChI=1S/C17H21N3O4/c1-11(2)9-14(16(23)18-8-7-15(21)22)20-10-19-13-6-4-3-5-12(13)17(20)24/h3-6,10-11,14H,7-9H2,1-2H3,(H,18,23)(H,21,22). The van der Waals surface area contributed by atoms with Crippen LogP contribution in [0.4, 0.5) is 0 Å². The lowest BCUT2D eigenvalue weighted by Gasteiger charge is -2.21. The Balaban J connectivity index is 2.34. The van der Waals surface area contributed by atoms with Crippen molar-refractivity contribution in [2.24, 2.45) is 5.92 Å². The molecule has 128 valence electrons. The van der Waals surface area contributed by atoms with Crippen molar-refractivity contribution in [3.05, 3.63) is 40.9 Å². The summed E-state index contributed by atoms with van der Waals surface area (Å²) < 4.78 is 1.33. The molecule has 0 spiro atoms. The van der Waals surface area contributed by atoms with Gasteiger partial charge in [0.1, 0.15) is 6.04 Å². The van der Waals surface area contributed by atoms with E-state index in [1.807, 2.05) is 13.8 Å². The molecule has 7 nitrogen and oxygen atoms in total. The molecule has 1 aromatic carbocycles. The van der Waals surface area contributed by atoms with Gasteiger partial charge < -0.3 is 10.4 Å². The molecule has 0 saturated carbocycles. The molecule has 0 radical (unpaired) electrons. The lowest BCUT2D eigenvalue weighted by atomic mass is 10.0. The molecule has 1 aromatic heterocycles. The number of carbonyl (C=O) groups is 2. The van der Waals surface area contributed by atoms with E-state index in [1.165, 1.54) is 10.9 Å². The minimum atomic E-state index is -0.986. The number of aliphatic carboxylic acids is 1. The Labute approximate surface area is 139 Å². The van der Waals surface area contributed by atoms with Crippen molar-refractivity contribution in [1.82, 2.24) is 14.9 Å². The highest BCUT2D eigenvalue weighted by atomic mass is 16.4. The van der Waals surface area contributed by atoms with Crippen LogP contribution in [0.3, 0.4) is 0 Å². The number of para-hydroxylation sites is 1. The molecule has 0 aliphatic heterocycles. The first kappa shape index (κ1) is 17.7. The maximum atomic E-state index is 12.7. The summed E-state index contributed by atoms with van der Waals surface area (Å²) in [5.41, 5.74) is 0.299. The van der Waals surface area contributed by atoms with Crippen LogP contribution >= 0.6 is 0 Å². The molecule has 2 rings (SSSR count). The summed E-state index contributed by atoms with van der Waals surface area (Å²) in [6.07, 6.45) is 1.68. The van der Waals surface area contributed by atoms with Crippen molar-refractivity contribution in [2.75, 3.05) is 6.54 Å². The highest BCUT2D eigenvalue weighted by Gasteiger charge is 2.23. The first-order valence-electron chi connectivity index (χ1n) is 7.85. The van der Waals surface area contributed by atoms with Gasteiger partial charge >= 0.3 is 5.97 Å². The number of carboxylic acid groups (broad SMARTS) is 1. The third-order valence-electron chi connectivity index (χ3n) is 3.66. The molecule has 1 heterocycles. The number of amides is 1.